The van der Waals surface area contributed by atoms with Crippen LogP contribution in [0.4, 0.5) is 0 Å². The van der Waals surface area contributed by atoms with Crippen LogP contribution in [-0.2, 0) is 32.0 Å². The highest BCUT2D eigenvalue weighted by atomic mass is 32.2. The van der Waals surface area contributed by atoms with E-state index in [0.29, 0.717) is 24.3 Å². The van der Waals surface area contributed by atoms with Crippen LogP contribution >= 0.6 is 11.8 Å². The van der Waals surface area contributed by atoms with Gasteiger partial charge in [0.1, 0.15) is 18.1 Å². The molecule has 2 rings (SSSR count). The van der Waals surface area contributed by atoms with Gasteiger partial charge < -0.3 is 31.8 Å². The number of nitrogens with one attached hydrogen (secondary N) is 4. The molecule has 0 spiro atoms. The number of carbonyl (C=O) groups excluding carboxylic acids is 3. The lowest BCUT2D eigenvalue weighted by molar-refractivity contribution is -0.142. The zero-order valence-electron chi connectivity index (χ0n) is 22.0. The summed E-state index contributed by atoms with van der Waals surface area (Å²) in [6.45, 7) is 3.66. The molecule has 0 fully saturated rings. The third-order valence-electron chi connectivity index (χ3n) is 6.27. The third-order valence-corrected chi connectivity index (χ3v) is 6.92. The number of hydrogen-bond donors (Lipinski definition) is 6. The molecule has 11 nitrogen and oxygen atoms in total. The van der Waals surface area contributed by atoms with Crippen molar-refractivity contribution < 1.29 is 24.3 Å². The smallest absolute Gasteiger partial charge is 0.326 e. The Kier molecular flexibility index (Phi) is 12.8. The Balaban J connectivity index is 2.18. The third kappa shape index (κ3) is 9.82. The Labute approximate surface area is 227 Å². The number of nitrogens with zero attached hydrogens (tertiary/aromatic N) is 1. The number of amides is 3. The molecule has 0 saturated heterocycles. The molecule has 1 heterocycles. The molecule has 0 saturated carbocycles. The van der Waals surface area contributed by atoms with Gasteiger partial charge in [-0.3, -0.25) is 14.4 Å². The van der Waals surface area contributed by atoms with E-state index in [4.69, 9.17) is 5.73 Å². The molecule has 1 aromatic heterocycles. The van der Waals surface area contributed by atoms with E-state index in [2.05, 4.69) is 25.9 Å². The fraction of sp³-hybridized carbons (Fsp3) is 0.500. The monoisotopic (exact) mass is 546 g/mol. The van der Waals surface area contributed by atoms with Crippen LogP contribution in [0.15, 0.2) is 42.9 Å². The maximum absolute atomic E-state index is 13.4. The van der Waals surface area contributed by atoms with Crippen molar-refractivity contribution in [1.82, 2.24) is 25.9 Å². The van der Waals surface area contributed by atoms with Crippen LogP contribution in [0.1, 0.15) is 37.9 Å². The Morgan fingerprint density at radius 1 is 1.03 bits per heavy atom. The molecule has 1 aromatic carbocycles. The second kappa shape index (κ2) is 15.8. The molecule has 0 bridgehead atoms. The summed E-state index contributed by atoms with van der Waals surface area (Å²) in [5.41, 5.74) is 7.36. The van der Waals surface area contributed by atoms with E-state index in [1.165, 1.54) is 6.33 Å². The molecule has 0 aliphatic carbocycles. The highest BCUT2D eigenvalue weighted by Crippen LogP contribution is 2.11. The topological polar surface area (TPSA) is 179 Å². The predicted molar refractivity (Wildman–Crippen MR) is 146 cm³/mol. The van der Waals surface area contributed by atoms with Gasteiger partial charge in [-0.25, -0.2) is 9.78 Å². The number of aliphatic carboxylic acids is 1. The van der Waals surface area contributed by atoms with E-state index < -0.39 is 47.9 Å². The number of carboxylic acid groups (broad SMARTS) is 1. The van der Waals surface area contributed by atoms with Crippen molar-refractivity contribution in [3.63, 3.8) is 0 Å². The van der Waals surface area contributed by atoms with Gasteiger partial charge in [-0.1, -0.05) is 50.6 Å². The molecule has 5 atom stereocenters. The van der Waals surface area contributed by atoms with E-state index in [0.717, 1.165) is 5.56 Å². The Bertz CT molecular complexity index is 1040. The van der Waals surface area contributed by atoms with Crippen LogP contribution in [0.5, 0.6) is 0 Å². The zero-order valence-corrected chi connectivity index (χ0v) is 22.8. The normalized spacial score (nSPS) is 14.9. The SMILES string of the molecule is CCC(C)C(NC(=O)C(Cc1cnc[nH]1)NC(=O)C(N)CCSC)C(=O)NC(Cc1ccccc1)C(=O)O. The lowest BCUT2D eigenvalue weighted by Gasteiger charge is -2.28. The number of hydrogen-bond acceptors (Lipinski definition) is 7. The molecule has 38 heavy (non-hydrogen) atoms. The Hall–Kier alpha value is -3.38. The number of aromatic amines is 1. The molecule has 2 aromatic rings. The fourth-order valence-corrected chi connectivity index (χ4v) is 4.24. The van der Waals surface area contributed by atoms with Crippen molar-refractivity contribution in [3.05, 3.63) is 54.1 Å². The molecule has 3 amide bonds. The largest absolute Gasteiger partial charge is 0.480 e. The van der Waals surface area contributed by atoms with E-state index in [1.54, 1.807) is 49.1 Å². The number of imidazole rings is 1. The highest BCUT2D eigenvalue weighted by Gasteiger charge is 2.33. The predicted octanol–water partition coefficient (Wildman–Crippen LogP) is 0.860. The number of H-pyrrole nitrogens is 1. The van der Waals surface area contributed by atoms with E-state index in [9.17, 15) is 24.3 Å². The van der Waals surface area contributed by atoms with Gasteiger partial charge in [0.15, 0.2) is 0 Å². The number of nitrogens with two attached hydrogens (primary N) is 1. The molecular formula is C26H38N6O5S. The van der Waals surface area contributed by atoms with Crippen molar-refractivity contribution in [1.29, 1.82) is 0 Å². The van der Waals surface area contributed by atoms with E-state index in [-0.39, 0.29) is 18.8 Å². The van der Waals surface area contributed by atoms with Crippen LogP contribution in [0.2, 0.25) is 0 Å². The number of aromatic nitrogens is 2. The zero-order chi connectivity index (χ0) is 28.1. The van der Waals surface area contributed by atoms with Gasteiger partial charge in [0.25, 0.3) is 0 Å². The van der Waals surface area contributed by atoms with Gasteiger partial charge >= 0.3 is 5.97 Å². The number of benzene rings is 1. The first kappa shape index (κ1) is 30.8. The molecule has 0 aliphatic rings. The lowest BCUT2D eigenvalue weighted by atomic mass is 9.96. The molecule has 5 unspecified atom stereocenters. The summed E-state index contributed by atoms with van der Waals surface area (Å²) in [6, 6.07) is 4.95. The van der Waals surface area contributed by atoms with Gasteiger partial charge in [-0.2, -0.15) is 11.8 Å². The minimum atomic E-state index is -1.18. The van der Waals surface area contributed by atoms with Gasteiger partial charge in [-0.05, 0) is 29.9 Å². The minimum Gasteiger partial charge on any atom is -0.480 e. The average molecular weight is 547 g/mol. The van der Waals surface area contributed by atoms with Crippen LogP contribution in [0.25, 0.3) is 0 Å². The van der Waals surface area contributed by atoms with Crippen molar-refractivity contribution in [3.8, 4) is 0 Å². The highest BCUT2D eigenvalue weighted by molar-refractivity contribution is 7.98. The summed E-state index contributed by atoms with van der Waals surface area (Å²) in [5.74, 6) is -2.47. The van der Waals surface area contributed by atoms with Crippen molar-refractivity contribution in [2.24, 2.45) is 11.7 Å². The molecule has 0 radical (unpaired) electrons. The molecule has 12 heteroatoms. The quantitative estimate of drug-likeness (QED) is 0.179. The van der Waals surface area contributed by atoms with Gasteiger partial charge in [0, 0.05) is 24.7 Å². The summed E-state index contributed by atoms with van der Waals surface area (Å²) >= 11 is 1.56. The van der Waals surface area contributed by atoms with Crippen molar-refractivity contribution in [2.75, 3.05) is 12.0 Å². The van der Waals surface area contributed by atoms with Gasteiger partial charge in [-0.15, -0.1) is 0 Å². The molecule has 208 valence electrons. The first-order chi connectivity index (χ1) is 18.2. The second-order valence-corrected chi connectivity index (χ2v) is 10.2. The van der Waals surface area contributed by atoms with Gasteiger partial charge in [0.05, 0.1) is 12.4 Å². The van der Waals surface area contributed by atoms with E-state index >= 15 is 0 Å². The number of carbonyl (C=O) groups is 4. The summed E-state index contributed by atoms with van der Waals surface area (Å²) in [5, 5.41) is 17.7. The Morgan fingerprint density at radius 2 is 1.71 bits per heavy atom. The number of thioether (sulfide) groups is 1. The fourth-order valence-electron chi connectivity index (χ4n) is 3.75. The van der Waals surface area contributed by atoms with Crippen LogP contribution in [0.3, 0.4) is 0 Å². The second-order valence-electron chi connectivity index (χ2n) is 9.19. The minimum absolute atomic E-state index is 0.0928. The first-order valence-electron chi connectivity index (χ1n) is 12.6. The summed E-state index contributed by atoms with van der Waals surface area (Å²) in [4.78, 5) is 58.1. The Morgan fingerprint density at radius 3 is 2.29 bits per heavy atom. The summed E-state index contributed by atoms with van der Waals surface area (Å²) in [6.07, 6.45) is 6.11. The van der Waals surface area contributed by atoms with E-state index in [1.807, 2.05) is 19.2 Å². The van der Waals surface area contributed by atoms with Crippen molar-refractivity contribution >= 4 is 35.5 Å². The molecule has 7 N–H and O–H groups in total. The van der Waals surface area contributed by atoms with Crippen LogP contribution in [-0.4, -0.2) is 74.9 Å². The number of carboxylic acids is 1. The molecule has 0 aliphatic heterocycles. The maximum Gasteiger partial charge on any atom is 0.326 e. The lowest BCUT2D eigenvalue weighted by Crippen LogP contribution is -2.59. The molecular weight excluding hydrogens is 508 g/mol. The van der Waals surface area contributed by atoms with Gasteiger partial charge in [0.2, 0.25) is 17.7 Å². The maximum atomic E-state index is 13.4. The summed E-state index contributed by atoms with van der Waals surface area (Å²) < 4.78 is 0. The average Bonchev–Trinajstić information content (AvgIpc) is 3.42. The number of rotatable bonds is 16. The summed E-state index contributed by atoms with van der Waals surface area (Å²) in [7, 11) is 0. The van der Waals surface area contributed by atoms with Crippen molar-refractivity contribution in [2.45, 2.75) is 63.7 Å². The standard InChI is InChI=1S/C26H38N6O5S/c1-4-16(2)22(25(35)31-21(26(36)37)12-17-8-6-5-7-9-17)32-24(34)20(13-18-14-28-15-29-18)30-23(33)19(27)10-11-38-3/h5-9,14-16,19-22H,4,10-13,27H2,1-3H3,(H,28,29)(H,30,33)(H,31,35)(H,32,34)(H,36,37). The van der Waals surface area contributed by atoms with Crippen LogP contribution in [0, 0.1) is 5.92 Å². The van der Waals surface area contributed by atoms with Crippen LogP contribution < -0.4 is 21.7 Å². The first-order valence-corrected chi connectivity index (χ1v) is 13.9.